The van der Waals surface area contributed by atoms with E-state index in [-0.39, 0.29) is 163 Å². The number of aromatic nitrogens is 12. The lowest BCUT2D eigenvalue weighted by molar-refractivity contribution is 0.192. The number of benzene rings is 17. The van der Waals surface area contributed by atoms with E-state index in [2.05, 4.69) is 119 Å². The summed E-state index contributed by atoms with van der Waals surface area (Å²) in [6.07, 6.45) is 16.1. The number of hydrogen-bond donors (Lipinski definition) is 12. The minimum atomic E-state index is -0.342. The van der Waals surface area contributed by atoms with Gasteiger partial charge in [-0.15, -0.1) is 0 Å². The standard InChI is InChI=1S/C32H25N3O4.3C28H23N3O4/c36-19-15-27(37)29(28(38)16-19)31-33-30(34-32(35-31)39-20-8-2-3-9-20)26-17-25-21-10-4-1-7-18(21)13-14-24(25)22-11-5-6-12-23(22)26;32-18-14-22(33)25(23(34)15-18)27-29-26(30-28(31-27)35-19-9-3-4-10-19)24-20-11-5-1-7-16(20)13-17-8-2-6-12-21(17)24;32-17-14-23(33)25(24(34)15-17)27-29-26(30-28(31-27)35-18-8-2-3-9-18)22-13-16-7-1-4-10-19(16)20-11-5-6-12-21(20)22;32-21-14-23(33)25(24(34)15-21)27-29-26(30-28(31-27)35-22-7-3-4-8-22)19-10-9-18-11-16-5-1-2-6-17(16)12-20(18)13-19/h1,4-7,10-17,20,36-38H,2-3,8-9H2;1-2,5-8,11-15,19,32-34H,3-4,9-10H2;1,4-7,10-15,18,32-34H,2-3,8-9H2;1-2,5-6,9-15,22,32-34H,3-4,7-8H2. The molecule has 4 aromatic heterocycles. The van der Waals surface area contributed by atoms with Crippen molar-refractivity contribution in [1.29, 1.82) is 0 Å². The molecule has 714 valence electrons. The van der Waals surface area contributed by atoms with Gasteiger partial charge in [0.15, 0.2) is 46.6 Å². The van der Waals surface area contributed by atoms with E-state index in [4.69, 9.17) is 38.9 Å². The van der Waals surface area contributed by atoms with Crippen LogP contribution >= 0.6 is 0 Å². The molecule has 0 saturated heterocycles. The van der Waals surface area contributed by atoms with E-state index in [1.165, 1.54) is 5.39 Å². The van der Waals surface area contributed by atoms with E-state index in [0.717, 1.165) is 265 Å². The van der Waals surface area contributed by atoms with Crippen molar-refractivity contribution in [2.24, 2.45) is 0 Å². The summed E-state index contributed by atoms with van der Waals surface area (Å²) in [6, 6.07) is 87.3. The molecule has 4 aliphatic carbocycles. The number of aromatic hydroxyl groups is 12. The van der Waals surface area contributed by atoms with Gasteiger partial charge >= 0.3 is 24.0 Å². The molecule has 4 saturated carbocycles. The van der Waals surface area contributed by atoms with Crippen LogP contribution in [0.3, 0.4) is 0 Å². The van der Waals surface area contributed by atoms with Crippen molar-refractivity contribution < 1.29 is 80.2 Å². The van der Waals surface area contributed by atoms with Crippen molar-refractivity contribution in [3.05, 3.63) is 279 Å². The van der Waals surface area contributed by atoms with E-state index >= 15 is 0 Å². The Bertz CT molecular complexity index is 8450. The van der Waals surface area contributed by atoms with Crippen LogP contribution in [0.5, 0.6) is 93.0 Å². The zero-order valence-corrected chi connectivity index (χ0v) is 77.5. The number of rotatable bonds is 16. The average molecular weight is 1910 g/mol. The zero-order chi connectivity index (χ0) is 98.3. The number of phenols is 12. The van der Waals surface area contributed by atoms with E-state index in [9.17, 15) is 61.3 Å². The second-order valence-electron chi connectivity index (χ2n) is 36.6. The van der Waals surface area contributed by atoms with Crippen molar-refractivity contribution in [2.75, 3.05) is 0 Å². The number of nitrogens with zero attached hydrogens (tertiary/aromatic N) is 12. The Morgan fingerprint density at radius 2 is 0.424 bits per heavy atom. The van der Waals surface area contributed by atoms with Gasteiger partial charge in [-0.2, -0.15) is 39.9 Å². The maximum atomic E-state index is 10.6. The van der Waals surface area contributed by atoms with Crippen LogP contribution in [-0.4, -0.2) is 146 Å². The SMILES string of the molecule is Oc1cc(O)c(-c2nc(OC3CCCC3)nc(-c3c4ccccc4cc4ccccc34)n2)c(O)c1.Oc1cc(O)c(-c2nc(OC3CCCC3)nc(-c3cc4c5ccccc5ccc4c4ccccc34)n2)c(O)c1.Oc1cc(O)c(-c2nc(OC3CCCC3)nc(-c3cc4ccccc4c4ccccc34)n2)c(O)c1.Oc1cc(O)c(-c2nc(OC3CCCC3)nc(-c3ccc4cc5ccccc5cc4c3)n2)c(O)c1. The number of hydrogen-bond acceptors (Lipinski definition) is 28. The third-order valence-electron chi connectivity index (χ3n) is 27.0. The highest BCUT2D eigenvalue weighted by molar-refractivity contribution is 6.21. The predicted molar refractivity (Wildman–Crippen MR) is 552 cm³/mol. The number of fused-ring (bicyclic) bond motifs is 12. The van der Waals surface area contributed by atoms with Gasteiger partial charge in [0, 0.05) is 70.8 Å². The molecule has 0 aliphatic heterocycles. The summed E-state index contributed by atoms with van der Waals surface area (Å²) in [5, 5.41) is 142. The predicted octanol–water partition coefficient (Wildman–Crippen LogP) is 25.0. The summed E-state index contributed by atoms with van der Waals surface area (Å²) in [4.78, 5) is 55.1. The fourth-order valence-electron chi connectivity index (χ4n) is 20.1. The number of phenolic OH excluding ortho intramolecular Hbond substituents is 12. The van der Waals surface area contributed by atoms with Gasteiger partial charge in [0.25, 0.3) is 0 Å². The Morgan fingerprint density at radius 1 is 0.174 bits per heavy atom. The maximum absolute atomic E-state index is 10.6. The topological polar surface area (TPSA) is 434 Å². The quantitative estimate of drug-likeness (QED) is 0.0316. The van der Waals surface area contributed by atoms with Crippen LogP contribution in [0, 0.1) is 0 Å². The van der Waals surface area contributed by atoms with Gasteiger partial charge in [-0.05, 0) is 236 Å². The van der Waals surface area contributed by atoms with Gasteiger partial charge in [0.2, 0.25) is 0 Å². The third-order valence-corrected chi connectivity index (χ3v) is 27.0. The smallest absolute Gasteiger partial charge is 0.320 e. The molecule has 4 fully saturated rings. The van der Waals surface area contributed by atoms with Crippen LogP contribution in [0.25, 0.3) is 188 Å². The molecular weight excluding hydrogens is 1820 g/mol. The Balaban J connectivity index is 0.000000110. The first-order valence-corrected chi connectivity index (χ1v) is 48.0. The Hall–Kier alpha value is -18.1. The zero-order valence-electron chi connectivity index (χ0n) is 77.5. The minimum Gasteiger partial charge on any atom is -0.508 e. The minimum absolute atomic E-state index is 0.00302. The molecule has 0 radical (unpaired) electrons. The van der Waals surface area contributed by atoms with E-state index in [1.807, 2.05) is 152 Å². The van der Waals surface area contributed by atoms with Crippen LogP contribution < -0.4 is 18.9 Å². The van der Waals surface area contributed by atoms with Gasteiger partial charge in [-0.3, -0.25) is 0 Å². The van der Waals surface area contributed by atoms with Crippen molar-refractivity contribution in [3.63, 3.8) is 0 Å². The molecule has 0 atom stereocenters. The van der Waals surface area contributed by atoms with Crippen molar-refractivity contribution in [3.8, 4) is 184 Å². The lowest BCUT2D eigenvalue weighted by atomic mass is 9.93. The normalized spacial score (nSPS) is 14.0. The molecule has 0 spiro atoms. The average Bonchev–Trinajstić information content (AvgIpc) is 0.753. The highest BCUT2D eigenvalue weighted by Crippen LogP contribution is 2.49. The molecular formula is C116H94N12O16. The van der Waals surface area contributed by atoms with E-state index < -0.39 is 0 Å². The summed E-state index contributed by atoms with van der Waals surface area (Å²) in [5.74, 6) is -2.03. The third kappa shape index (κ3) is 18.6. The first-order chi connectivity index (χ1) is 70.2. The summed E-state index contributed by atoms with van der Waals surface area (Å²) >= 11 is 0. The summed E-state index contributed by atoms with van der Waals surface area (Å²) in [5.41, 5.74) is 3.17. The molecule has 4 aliphatic rings. The van der Waals surface area contributed by atoms with Gasteiger partial charge in [-0.1, -0.05) is 194 Å². The largest absolute Gasteiger partial charge is 0.508 e. The molecule has 0 amide bonds. The van der Waals surface area contributed by atoms with Gasteiger partial charge in [0.05, 0.1) is 0 Å². The second kappa shape index (κ2) is 39.0. The summed E-state index contributed by atoms with van der Waals surface area (Å²) in [6.45, 7) is 0. The molecule has 28 nitrogen and oxygen atoms in total. The van der Waals surface area contributed by atoms with Crippen LogP contribution in [-0.2, 0) is 0 Å². The van der Waals surface area contributed by atoms with Crippen molar-refractivity contribution in [2.45, 2.75) is 127 Å². The molecule has 0 bridgehead atoms. The van der Waals surface area contributed by atoms with Crippen LogP contribution in [0.4, 0.5) is 0 Å². The molecule has 25 rings (SSSR count). The molecule has 17 aromatic carbocycles. The summed E-state index contributed by atoms with van der Waals surface area (Å²) in [7, 11) is 0. The molecule has 12 N–H and O–H groups in total. The highest BCUT2D eigenvalue weighted by atomic mass is 16.5. The van der Waals surface area contributed by atoms with Gasteiger partial charge in [-0.25, -0.2) is 19.9 Å². The van der Waals surface area contributed by atoms with Crippen molar-refractivity contribution in [1.82, 2.24) is 59.8 Å². The van der Waals surface area contributed by atoms with Gasteiger partial charge in [0.1, 0.15) is 116 Å². The Morgan fingerprint density at radius 3 is 0.812 bits per heavy atom. The second-order valence-corrected chi connectivity index (χ2v) is 36.6. The van der Waals surface area contributed by atoms with Crippen molar-refractivity contribution >= 4 is 97.0 Å². The fraction of sp³-hybridized carbons (Fsp3) is 0.172. The molecule has 21 aromatic rings. The van der Waals surface area contributed by atoms with Crippen LogP contribution in [0.2, 0.25) is 0 Å². The first kappa shape index (κ1) is 91.0. The molecule has 4 heterocycles. The van der Waals surface area contributed by atoms with Crippen LogP contribution in [0.15, 0.2) is 279 Å². The Kier molecular flexibility index (Phi) is 24.6. The Labute approximate surface area is 822 Å². The maximum Gasteiger partial charge on any atom is 0.320 e. The molecule has 28 heteroatoms. The van der Waals surface area contributed by atoms with E-state index in [1.54, 1.807) is 0 Å². The highest BCUT2D eigenvalue weighted by Gasteiger charge is 2.31. The monoisotopic (exact) mass is 1910 g/mol. The first-order valence-electron chi connectivity index (χ1n) is 48.0. The molecule has 0 unspecified atom stereocenters. The summed E-state index contributed by atoms with van der Waals surface area (Å²) < 4.78 is 24.6. The lowest BCUT2D eigenvalue weighted by Crippen LogP contribution is -2.14. The number of ether oxygens (including phenoxy) is 4. The van der Waals surface area contributed by atoms with E-state index in [0.29, 0.717) is 23.3 Å². The van der Waals surface area contributed by atoms with Gasteiger partial charge < -0.3 is 80.2 Å². The molecule has 144 heavy (non-hydrogen) atoms. The fourth-order valence-corrected chi connectivity index (χ4v) is 20.1. The lowest BCUT2D eigenvalue weighted by Gasteiger charge is -2.16. The van der Waals surface area contributed by atoms with Crippen LogP contribution in [0.1, 0.15) is 103 Å².